The predicted molar refractivity (Wildman–Crippen MR) is 93.7 cm³/mol. The van der Waals surface area contributed by atoms with Gasteiger partial charge in [0.2, 0.25) is 5.91 Å². The van der Waals surface area contributed by atoms with Gasteiger partial charge in [-0.15, -0.1) is 5.10 Å². The molecule has 1 aliphatic heterocycles. The number of nitrogens with zero attached hydrogens (tertiary/aromatic N) is 4. The number of carbonyl (C=O) groups is 1. The van der Waals surface area contributed by atoms with Crippen molar-refractivity contribution in [3.63, 3.8) is 0 Å². The Labute approximate surface area is 147 Å². The molecule has 0 bridgehead atoms. The van der Waals surface area contributed by atoms with Crippen LogP contribution in [0.1, 0.15) is 31.1 Å². The largest absolute Gasteiger partial charge is 0.373 e. The van der Waals surface area contributed by atoms with Crippen molar-refractivity contribution in [2.75, 3.05) is 13.1 Å². The number of nitrogens with two attached hydrogens (primary N) is 1. The van der Waals surface area contributed by atoms with Crippen LogP contribution in [0.5, 0.6) is 0 Å². The van der Waals surface area contributed by atoms with Crippen LogP contribution in [0.15, 0.2) is 36.5 Å². The van der Waals surface area contributed by atoms with Crippen LogP contribution in [0.25, 0.3) is 0 Å². The number of aromatic nitrogens is 3. The molecule has 3 atom stereocenters. The lowest BCUT2D eigenvalue weighted by Crippen LogP contribution is -2.44. The molecular weight excluding hydrogens is 318 g/mol. The molecule has 2 N–H and O–H groups in total. The lowest BCUT2D eigenvalue weighted by Gasteiger charge is -2.34. The third-order valence-electron chi connectivity index (χ3n) is 4.36. The van der Waals surface area contributed by atoms with Gasteiger partial charge in [0.15, 0.2) is 0 Å². The van der Waals surface area contributed by atoms with Crippen molar-refractivity contribution >= 4 is 5.91 Å². The van der Waals surface area contributed by atoms with Gasteiger partial charge in [-0.05, 0) is 19.4 Å². The van der Waals surface area contributed by atoms with Crippen molar-refractivity contribution in [2.45, 2.75) is 45.1 Å². The second-order valence-corrected chi connectivity index (χ2v) is 6.75. The SMILES string of the molecule is C[C@@H]1CN(Cc2cn(C(Cc3ccccc3)C(N)=O)nn2)C[C@H](C)O1. The summed E-state index contributed by atoms with van der Waals surface area (Å²) in [5.74, 6) is -0.408. The Morgan fingerprint density at radius 2 is 1.96 bits per heavy atom. The summed E-state index contributed by atoms with van der Waals surface area (Å²) in [6.45, 7) is 6.56. The molecule has 7 heteroatoms. The van der Waals surface area contributed by atoms with Crippen molar-refractivity contribution in [2.24, 2.45) is 5.73 Å². The van der Waals surface area contributed by atoms with Gasteiger partial charge in [-0.1, -0.05) is 35.5 Å². The first-order valence-electron chi connectivity index (χ1n) is 8.63. The normalized spacial score (nSPS) is 22.6. The van der Waals surface area contributed by atoms with E-state index in [0.29, 0.717) is 13.0 Å². The molecule has 25 heavy (non-hydrogen) atoms. The third-order valence-corrected chi connectivity index (χ3v) is 4.36. The molecule has 2 aromatic rings. The van der Waals surface area contributed by atoms with Crippen LogP contribution in [0.2, 0.25) is 0 Å². The van der Waals surface area contributed by atoms with Crippen LogP contribution in [0, 0.1) is 0 Å². The highest BCUT2D eigenvalue weighted by atomic mass is 16.5. The number of hydrogen-bond donors (Lipinski definition) is 1. The number of amides is 1. The summed E-state index contributed by atoms with van der Waals surface area (Å²) in [4.78, 5) is 14.2. The van der Waals surface area contributed by atoms with E-state index in [1.165, 1.54) is 0 Å². The average Bonchev–Trinajstić information content (AvgIpc) is 3.00. The van der Waals surface area contributed by atoms with Gasteiger partial charge in [-0.25, -0.2) is 4.68 Å². The number of rotatable bonds is 6. The Kier molecular flexibility index (Phi) is 5.45. The van der Waals surface area contributed by atoms with Gasteiger partial charge >= 0.3 is 0 Å². The fraction of sp³-hybridized carbons (Fsp3) is 0.500. The molecule has 3 rings (SSSR count). The van der Waals surface area contributed by atoms with Crippen molar-refractivity contribution < 1.29 is 9.53 Å². The maximum Gasteiger partial charge on any atom is 0.242 e. The standard InChI is InChI=1S/C18H25N5O2/c1-13-9-22(10-14(2)25-13)11-16-12-23(21-20-16)17(18(19)24)8-15-6-4-3-5-7-15/h3-7,12-14,17H,8-11H2,1-2H3,(H2,19,24)/t13-,14+,17?. The number of hydrogen-bond acceptors (Lipinski definition) is 5. The topological polar surface area (TPSA) is 86.3 Å². The number of morpholine rings is 1. The molecule has 7 nitrogen and oxygen atoms in total. The molecule has 1 amide bonds. The Balaban J connectivity index is 1.69. The zero-order valence-corrected chi connectivity index (χ0v) is 14.7. The number of carbonyl (C=O) groups excluding carboxylic acids is 1. The van der Waals surface area contributed by atoms with Gasteiger partial charge in [0.25, 0.3) is 0 Å². The minimum atomic E-state index is -0.536. The first kappa shape index (κ1) is 17.6. The summed E-state index contributed by atoms with van der Waals surface area (Å²) in [7, 11) is 0. The Morgan fingerprint density at radius 3 is 2.60 bits per heavy atom. The zero-order valence-electron chi connectivity index (χ0n) is 14.7. The van der Waals surface area contributed by atoms with E-state index in [9.17, 15) is 4.79 Å². The quantitative estimate of drug-likeness (QED) is 0.850. The molecule has 1 fully saturated rings. The monoisotopic (exact) mass is 343 g/mol. The number of ether oxygens (including phenoxy) is 1. The maximum atomic E-state index is 11.9. The lowest BCUT2D eigenvalue weighted by atomic mass is 10.1. The molecule has 1 saturated heterocycles. The fourth-order valence-electron chi connectivity index (χ4n) is 3.34. The van der Waals surface area contributed by atoms with Crippen LogP contribution in [0.3, 0.4) is 0 Å². The lowest BCUT2D eigenvalue weighted by molar-refractivity contribution is -0.121. The van der Waals surface area contributed by atoms with Gasteiger partial charge < -0.3 is 10.5 Å². The van der Waals surface area contributed by atoms with E-state index in [1.54, 1.807) is 4.68 Å². The first-order valence-corrected chi connectivity index (χ1v) is 8.63. The highest BCUT2D eigenvalue weighted by molar-refractivity contribution is 5.78. The van der Waals surface area contributed by atoms with E-state index >= 15 is 0 Å². The smallest absolute Gasteiger partial charge is 0.242 e. The summed E-state index contributed by atoms with van der Waals surface area (Å²) in [6.07, 6.45) is 2.73. The molecule has 134 valence electrons. The molecule has 0 aliphatic carbocycles. The van der Waals surface area contributed by atoms with Crippen molar-refractivity contribution in [3.05, 3.63) is 47.8 Å². The molecule has 0 spiro atoms. The second kappa shape index (κ2) is 7.76. The predicted octanol–water partition coefficient (Wildman–Crippen LogP) is 1.16. The molecular formula is C18H25N5O2. The third kappa shape index (κ3) is 4.64. The molecule has 0 radical (unpaired) electrons. The second-order valence-electron chi connectivity index (χ2n) is 6.75. The van der Waals surface area contributed by atoms with Crippen molar-refractivity contribution in [3.8, 4) is 0 Å². The number of benzene rings is 1. The van der Waals surface area contributed by atoms with Crippen LogP contribution in [-0.4, -0.2) is 51.1 Å². The Bertz CT molecular complexity index is 693. The summed E-state index contributed by atoms with van der Waals surface area (Å²) in [5, 5.41) is 8.37. The minimum Gasteiger partial charge on any atom is -0.373 e. The van der Waals surface area contributed by atoms with Crippen molar-refractivity contribution in [1.29, 1.82) is 0 Å². The van der Waals surface area contributed by atoms with Gasteiger partial charge in [0, 0.05) is 26.1 Å². The van der Waals surface area contributed by atoms with Gasteiger partial charge in [-0.2, -0.15) is 0 Å². The van der Waals surface area contributed by atoms with E-state index in [-0.39, 0.29) is 12.2 Å². The van der Waals surface area contributed by atoms with Gasteiger partial charge in [0.1, 0.15) is 6.04 Å². The van der Waals surface area contributed by atoms with E-state index in [0.717, 1.165) is 24.3 Å². The maximum absolute atomic E-state index is 11.9. The summed E-state index contributed by atoms with van der Waals surface area (Å²) in [5.41, 5.74) is 7.47. The first-order chi connectivity index (χ1) is 12.0. The Morgan fingerprint density at radius 1 is 1.28 bits per heavy atom. The van der Waals surface area contributed by atoms with E-state index in [1.807, 2.05) is 36.5 Å². The zero-order chi connectivity index (χ0) is 17.8. The van der Waals surface area contributed by atoms with E-state index in [4.69, 9.17) is 10.5 Å². The molecule has 1 aromatic carbocycles. The molecule has 0 saturated carbocycles. The molecule has 1 aromatic heterocycles. The summed E-state index contributed by atoms with van der Waals surface area (Å²) >= 11 is 0. The highest BCUT2D eigenvalue weighted by Gasteiger charge is 2.24. The van der Waals surface area contributed by atoms with Gasteiger partial charge in [-0.3, -0.25) is 9.69 Å². The van der Waals surface area contributed by atoms with E-state index < -0.39 is 11.9 Å². The molecule has 2 heterocycles. The molecule has 1 unspecified atom stereocenters. The fourth-order valence-corrected chi connectivity index (χ4v) is 3.34. The molecule has 1 aliphatic rings. The van der Waals surface area contributed by atoms with Crippen LogP contribution < -0.4 is 5.73 Å². The summed E-state index contributed by atoms with van der Waals surface area (Å²) < 4.78 is 7.33. The van der Waals surface area contributed by atoms with E-state index in [2.05, 4.69) is 29.1 Å². The van der Waals surface area contributed by atoms with Crippen molar-refractivity contribution in [1.82, 2.24) is 19.9 Å². The van der Waals surface area contributed by atoms with Crippen LogP contribution >= 0.6 is 0 Å². The minimum absolute atomic E-state index is 0.204. The van der Waals surface area contributed by atoms with Gasteiger partial charge in [0.05, 0.1) is 24.1 Å². The van der Waals surface area contributed by atoms with Crippen LogP contribution in [0.4, 0.5) is 0 Å². The average molecular weight is 343 g/mol. The summed E-state index contributed by atoms with van der Waals surface area (Å²) in [6, 6.07) is 9.25. The highest BCUT2D eigenvalue weighted by Crippen LogP contribution is 2.16. The Hall–Kier alpha value is -2.25. The van der Waals surface area contributed by atoms with Crippen LogP contribution in [-0.2, 0) is 22.5 Å². The number of primary amides is 1.